The van der Waals surface area contributed by atoms with Gasteiger partial charge in [-0.2, -0.15) is 0 Å². The molecule has 1 rings (SSSR count). The smallest absolute Gasteiger partial charge is 0.240 e. The van der Waals surface area contributed by atoms with Crippen LogP contribution in [0.2, 0.25) is 0 Å². The van der Waals surface area contributed by atoms with Crippen LogP contribution in [0, 0.1) is 12.7 Å². The van der Waals surface area contributed by atoms with E-state index in [0.29, 0.717) is 6.54 Å². The molecule has 1 aromatic rings. The van der Waals surface area contributed by atoms with Gasteiger partial charge in [-0.15, -0.1) is 0 Å². The molecule has 19 heavy (non-hydrogen) atoms. The topological polar surface area (TPSA) is 72.2 Å². The summed E-state index contributed by atoms with van der Waals surface area (Å²) in [6, 6.07) is 2.28. The van der Waals surface area contributed by atoms with Gasteiger partial charge in [0, 0.05) is 17.8 Å². The number of halogens is 1. The van der Waals surface area contributed by atoms with Crippen molar-refractivity contribution in [1.29, 1.82) is 0 Å². The lowest BCUT2D eigenvalue weighted by Gasteiger charge is -2.09. The first-order valence-corrected chi connectivity index (χ1v) is 7.92. The van der Waals surface area contributed by atoms with E-state index in [0.717, 1.165) is 31.7 Å². The zero-order valence-electron chi connectivity index (χ0n) is 11.4. The van der Waals surface area contributed by atoms with Crippen LogP contribution in [0.1, 0.15) is 38.2 Å². The Kier molecular flexibility index (Phi) is 5.75. The molecule has 0 unspecified atom stereocenters. The van der Waals surface area contributed by atoms with Crippen LogP contribution >= 0.6 is 0 Å². The van der Waals surface area contributed by atoms with Crippen LogP contribution in [0.3, 0.4) is 0 Å². The third-order valence-corrected chi connectivity index (χ3v) is 4.43. The predicted molar refractivity (Wildman–Crippen MR) is 74.9 cm³/mol. The summed E-state index contributed by atoms with van der Waals surface area (Å²) in [4.78, 5) is -0.122. The molecule has 0 saturated carbocycles. The predicted octanol–water partition coefficient (Wildman–Crippen LogP) is 2.57. The first-order valence-electron chi connectivity index (χ1n) is 6.43. The summed E-state index contributed by atoms with van der Waals surface area (Å²) in [5, 5.41) is 0. The molecule has 0 radical (unpaired) electrons. The van der Waals surface area contributed by atoms with Crippen molar-refractivity contribution in [3.05, 3.63) is 23.5 Å². The Hall–Kier alpha value is -1.14. The normalized spacial score (nSPS) is 11.7. The van der Waals surface area contributed by atoms with Crippen molar-refractivity contribution in [2.75, 3.05) is 12.3 Å². The highest BCUT2D eigenvalue weighted by molar-refractivity contribution is 7.89. The molecule has 0 spiro atoms. The Morgan fingerprint density at radius 1 is 1.26 bits per heavy atom. The van der Waals surface area contributed by atoms with Crippen LogP contribution in [0.25, 0.3) is 0 Å². The molecule has 1 aromatic carbocycles. The third-order valence-electron chi connectivity index (χ3n) is 2.99. The van der Waals surface area contributed by atoms with E-state index >= 15 is 0 Å². The van der Waals surface area contributed by atoms with Crippen LogP contribution in [0.4, 0.5) is 10.1 Å². The van der Waals surface area contributed by atoms with Crippen molar-refractivity contribution in [2.24, 2.45) is 0 Å². The van der Waals surface area contributed by atoms with Crippen molar-refractivity contribution in [3.8, 4) is 0 Å². The Morgan fingerprint density at radius 3 is 2.53 bits per heavy atom. The molecule has 4 nitrogen and oxygen atoms in total. The highest BCUT2D eigenvalue weighted by Gasteiger charge is 2.16. The second-order valence-electron chi connectivity index (χ2n) is 4.58. The first-order chi connectivity index (χ1) is 8.88. The molecule has 0 aliphatic heterocycles. The number of nitrogen functional groups attached to an aromatic ring is 1. The highest BCUT2D eigenvalue weighted by Crippen LogP contribution is 2.20. The van der Waals surface area contributed by atoms with Crippen LogP contribution < -0.4 is 10.5 Å². The minimum Gasteiger partial charge on any atom is -0.398 e. The highest BCUT2D eigenvalue weighted by atomic mass is 32.2. The molecular weight excluding hydrogens is 267 g/mol. The number of benzene rings is 1. The minimum absolute atomic E-state index is 0.122. The van der Waals surface area contributed by atoms with Crippen molar-refractivity contribution < 1.29 is 12.8 Å². The Bertz CT molecular complexity index is 506. The largest absolute Gasteiger partial charge is 0.398 e. The molecular formula is C13H21FN2O2S. The van der Waals surface area contributed by atoms with E-state index in [1.165, 1.54) is 13.0 Å². The second kappa shape index (κ2) is 6.86. The van der Waals surface area contributed by atoms with E-state index in [1.807, 2.05) is 0 Å². The summed E-state index contributed by atoms with van der Waals surface area (Å²) in [6.45, 7) is 3.96. The van der Waals surface area contributed by atoms with Crippen molar-refractivity contribution >= 4 is 15.7 Å². The Balaban J connectivity index is 2.72. The number of nitrogens with two attached hydrogens (primary N) is 1. The maximum absolute atomic E-state index is 13.5. The van der Waals surface area contributed by atoms with E-state index in [-0.39, 0.29) is 16.1 Å². The monoisotopic (exact) mass is 288 g/mol. The number of sulfonamides is 1. The number of hydrogen-bond donors (Lipinski definition) is 2. The summed E-state index contributed by atoms with van der Waals surface area (Å²) in [5.74, 6) is -0.605. The van der Waals surface area contributed by atoms with E-state index < -0.39 is 15.8 Å². The van der Waals surface area contributed by atoms with E-state index in [4.69, 9.17) is 5.73 Å². The molecule has 0 aliphatic rings. The Morgan fingerprint density at radius 2 is 1.95 bits per heavy atom. The van der Waals surface area contributed by atoms with Gasteiger partial charge in [-0.05, 0) is 25.5 Å². The summed E-state index contributed by atoms with van der Waals surface area (Å²) in [7, 11) is -3.68. The van der Waals surface area contributed by atoms with Crippen LogP contribution in [-0.2, 0) is 10.0 Å². The van der Waals surface area contributed by atoms with Gasteiger partial charge in [0.15, 0.2) is 0 Å². The number of anilines is 1. The van der Waals surface area contributed by atoms with Crippen LogP contribution in [-0.4, -0.2) is 15.0 Å². The molecule has 108 valence electrons. The third kappa shape index (κ3) is 4.47. The maximum atomic E-state index is 13.5. The lowest BCUT2D eigenvalue weighted by Crippen LogP contribution is -2.25. The van der Waals surface area contributed by atoms with E-state index in [1.54, 1.807) is 0 Å². The minimum atomic E-state index is -3.68. The molecule has 3 N–H and O–H groups in total. The molecule has 0 aliphatic carbocycles. The molecule has 0 atom stereocenters. The standard InChI is InChI=1S/C13H21FN2O2S/c1-3-4-5-6-7-16-19(17,18)11-8-12(14)10(2)13(15)9-11/h8-9,16H,3-7,15H2,1-2H3. The van der Waals surface area contributed by atoms with Gasteiger partial charge in [-0.25, -0.2) is 17.5 Å². The molecule has 0 fully saturated rings. The molecule has 0 amide bonds. The fraction of sp³-hybridized carbons (Fsp3) is 0.538. The van der Waals surface area contributed by atoms with E-state index in [9.17, 15) is 12.8 Å². The molecule has 6 heteroatoms. The summed E-state index contributed by atoms with van der Waals surface area (Å²) in [6.07, 6.45) is 3.92. The SMILES string of the molecule is CCCCCCNS(=O)(=O)c1cc(N)c(C)c(F)c1. The van der Waals surface area contributed by atoms with Crippen LogP contribution in [0.15, 0.2) is 17.0 Å². The molecule has 0 aromatic heterocycles. The first kappa shape index (κ1) is 15.9. The van der Waals surface area contributed by atoms with Gasteiger partial charge in [0.1, 0.15) is 5.82 Å². The zero-order valence-corrected chi connectivity index (χ0v) is 12.2. The van der Waals surface area contributed by atoms with Gasteiger partial charge in [-0.3, -0.25) is 0 Å². The van der Waals surface area contributed by atoms with Crippen molar-refractivity contribution in [3.63, 3.8) is 0 Å². The number of unbranched alkanes of at least 4 members (excludes halogenated alkanes) is 3. The maximum Gasteiger partial charge on any atom is 0.240 e. The van der Waals surface area contributed by atoms with Gasteiger partial charge in [0.25, 0.3) is 0 Å². The van der Waals surface area contributed by atoms with Gasteiger partial charge in [0.05, 0.1) is 4.90 Å². The lowest BCUT2D eigenvalue weighted by atomic mass is 10.2. The van der Waals surface area contributed by atoms with Gasteiger partial charge < -0.3 is 5.73 Å². The quantitative estimate of drug-likeness (QED) is 0.598. The van der Waals surface area contributed by atoms with Crippen molar-refractivity contribution in [1.82, 2.24) is 4.72 Å². The number of rotatable bonds is 7. The van der Waals surface area contributed by atoms with E-state index in [2.05, 4.69) is 11.6 Å². The summed E-state index contributed by atoms with van der Waals surface area (Å²) in [5.41, 5.74) is 5.99. The zero-order chi connectivity index (χ0) is 14.5. The number of nitrogens with one attached hydrogen (secondary N) is 1. The summed E-state index contributed by atoms with van der Waals surface area (Å²) >= 11 is 0. The Labute approximate surface area is 114 Å². The van der Waals surface area contributed by atoms with Gasteiger partial charge in [0.2, 0.25) is 10.0 Å². The number of hydrogen-bond acceptors (Lipinski definition) is 3. The molecule has 0 bridgehead atoms. The summed E-state index contributed by atoms with van der Waals surface area (Å²) < 4.78 is 39.8. The lowest BCUT2D eigenvalue weighted by molar-refractivity contribution is 0.570. The molecule has 0 saturated heterocycles. The van der Waals surface area contributed by atoms with Gasteiger partial charge in [-0.1, -0.05) is 26.2 Å². The second-order valence-corrected chi connectivity index (χ2v) is 6.34. The van der Waals surface area contributed by atoms with Crippen LogP contribution in [0.5, 0.6) is 0 Å². The fourth-order valence-electron chi connectivity index (χ4n) is 1.67. The fourth-order valence-corrected chi connectivity index (χ4v) is 2.79. The average Bonchev–Trinajstić information content (AvgIpc) is 2.35. The average molecular weight is 288 g/mol. The molecule has 0 heterocycles. The van der Waals surface area contributed by atoms with Gasteiger partial charge >= 0.3 is 0 Å². The van der Waals surface area contributed by atoms with Crippen molar-refractivity contribution in [2.45, 2.75) is 44.4 Å².